The molecule has 62 valence electrons. The van der Waals surface area contributed by atoms with Crippen LogP contribution in [-0.4, -0.2) is 5.71 Å². The monoisotopic (exact) mass is 171 g/mol. The quantitative estimate of drug-likeness (QED) is 0.446. The number of allylic oxidation sites excluding steroid dienone is 2. The van der Waals surface area contributed by atoms with Gasteiger partial charge in [0.1, 0.15) is 5.16 Å². The van der Waals surface area contributed by atoms with Gasteiger partial charge in [-0.05, 0) is 33.3 Å². The zero-order chi connectivity index (χ0) is 9.02. The average Bonchev–Trinajstić information content (AvgIpc) is 1.84. The first-order valence-electron chi connectivity index (χ1n) is 3.49. The van der Waals surface area contributed by atoms with E-state index in [1.54, 1.807) is 0 Å². The summed E-state index contributed by atoms with van der Waals surface area (Å²) in [6.45, 7) is 11.5. The van der Waals surface area contributed by atoms with Crippen LogP contribution in [0.5, 0.6) is 0 Å². The molecule has 1 nitrogen and oxygen atoms in total. The second-order valence-corrected chi connectivity index (χ2v) is 3.13. The zero-order valence-electron chi connectivity index (χ0n) is 7.53. The summed E-state index contributed by atoms with van der Waals surface area (Å²) in [5, 5.41) is 0.336. The van der Waals surface area contributed by atoms with Gasteiger partial charge in [-0.3, -0.25) is 0 Å². The molecule has 0 aliphatic rings. The van der Waals surface area contributed by atoms with Crippen molar-refractivity contribution in [2.45, 2.75) is 27.7 Å². The molecule has 0 aromatic heterocycles. The smallest absolute Gasteiger partial charge is 0.122 e. The fourth-order valence-corrected chi connectivity index (χ4v) is 0.754. The van der Waals surface area contributed by atoms with Crippen LogP contribution in [0.2, 0.25) is 0 Å². The number of hydrogen-bond acceptors (Lipinski definition) is 1. The Morgan fingerprint density at radius 2 is 1.64 bits per heavy atom. The fourth-order valence-electron chi connectivity index (χ4n) is 0.628. The molecule has 0 heterocycles. The van der Waals surface area contributed by atoms with Crippen LogP contribution in [0, 0.1) is 0 Å². The molecule has 0 saturated heterocycles. The lowest BCUT2D eigenvalue weighted by atomic mass is 10.1. The predicted octanol–water partition coefficient (Wildman–Crippen LogP) is 3.51. The summed E-state index contributed by atoms with van der Waals surface area (Å²) in [5.74, 6) is 0. The van der Waals surface area contributed by atoms with Gasteiger partial charge in [0.05, 0.1) is 0 Å². The van der Waals surface area contributed by atoms with Gasteiger partial charge in [0.15, 0.2) is 0 Å². The van der Waals surface area contributed by atoms with Gasteiger partial charge in [-0.1, -0.05) is 23.8 Å². The van der Waals surface area contributed by atoms with Crippen LogP contribution in [0.3, 0.4) is 0 Å². The number of hydrogen-bond donors (Lipinski definition) is 0. The molecule has 0 aliphatic heterocycles. The van der Waals surface area contributed by atoms with Crippen molar-refractivity contribution < 1.29 is 0 Å². The topological polar surface area (TPSA) is 12.4 Å². The molecule has 0 rings (SSSR count). The van der Waals surface area contributed by atoms with E-state index < -0.39 is 0 Å². The molecule has 0 bridgehead atoms. The summed E-state index contributed by atoms with van der Waals surface area (Å²) in [6, 6.07) is 0. The Labute approximate surface area is 73.5 Å². The third-order valence-corrected chi connectivity index (χ3v) is 1.67. The molecule has 0 atom stereocenters. The maximum absolute atomic E-state index is 5.52. The fraction of sp³-hybridized carbons (Fsp3) is 0.444. The van der Waals surface area contributed by atoms with Crippen LogP contribution in [0.4, 0.5) is 0 Å². The minimum absolute atomic E-state index is 0.336. The molecular weight excluding hydrogens is 158 g/mol. The third-order valence-electron chi connectivity index (χ3n) is 1.58. The van der Waals surface area contributed by atoms with Crippen LogP contribution in [-0.2, 0) is 0 Å². The van der Waals surface area contributed by atoms with Gasteiger partial charge < -0.3 is 0 Å². The van der Waals surface area contributed by atoms with Gasteiger partial charge in [-0.25, -0.2) is 4.99 Å². The molecule has 0 fully saturated rings. The zero-order valence-corrected chi connectivity index (χ0v) is 8.29. The maximum Gasteiger partial charge on any atom is 0.122 e. The Bertz CT molecular complexity index is 220. The number of aliphatic imine (C=N–C) groups is 1. The van der Waals surface area contributed by atoms with Crippen molar-refractivity contribution in [3.63, 3.8) is 0 Å². The van der Waals surface area contributed by atoms with E-state index in [2.05, 4.69) is 11.6 Å². The minimum atomic E-state index is 0.336. The van der Waals surface area contributed by atoms with Crippen molar-refractivity contribution in [3.05, 3.63) is 22.9 Å². The van der Waals surface area contributed by atoms with Gasteiger partial charge in [0, 0.05) is 5.71 Å². The van der Waals surface area contributed by atoms with Crippen LogP contribution in [0.1, 0.15) is 27.7 Å². The highest BCUT2D eigenvalue weighted by Gasteiger charge is 1.96. The molecular formula is C9H14ClN. The molecule has 0 N–H and O–H groups in total. The van der Waals surface area contributed by atoms with E-state index in [4.69, 9.17) is 11.6 Å². The molecule has 0 saturated carbocycles. The summed E-state index contributed by atoms with van der Waals surface area (Å²) >= 11 is 5.52. The van der Waals surface area contributed by atoms with E-state index in [1.165, 1.54) is 11.1 Å². The number of nitrogens with zero attached hydrogens (tertiary/aromatic N) is 1. The van der Waals surface area contributed by atoms with Crippen LogP contribution < -0.4 is 0 Å². The van der Waals surface area contributed by atoms with Crippen LogP contribution in [0.25, 0.3) is 0 Å². The second kappa shape index (κ2) is 4.35. The van der Waals surface area contributed by atoms with E-state index in [0.29, 0.717) is 5.16 Å². The number of rotatable bonds is 2. The summed E-state index contributed by atoms with van der Waals surface area (Å²) < 4.78 is 0. The van der Waals surface area contributed by atoms with E-state index in [0.717, 1.165) is 5.71 Å². The molecule has 0 radical (unpaired) electrons. The van der Waals surface area contributed by atoms with Crippen molar-refractivity contribution in [1.29, 1.82) is 0 Å². The lowest BCUT2D eigenvalue weighted by Gasteiger charge is -2.01. The molecule has 2 heteroatoms. The first kappa shape index (κ1) is 10.4. The van der Waals surface area contributed by atoms with Crippen molar-refractivity contribution in [2.24, 2.45) is 4.99 Å². The van der Waals surface area contributed by atoms with Crippen LogP contribution in [0.15, 0.2) is 27.9 Å². The Kier molecular flexibility index (Phi) is 4.12. The van der Waals surface area contributed by atoms with Crippen molar-refractivity contribution in [2.75, 3.05) is 0 Å². The second-order valence-electron chi connectivity index (χ2n) is 2.70. The number of halogens is 1. The molecule has 0 amide bonds. The Morgan fingerprint density at radius 3 is 1.91 bits per heavy atom. The first-order chi connectivity index (χ1) is 4.95. The Hall–Kier alpha value is -0.560. The lowest BCUT2D eigenvalue weighted by Crippen LogP contribution is -1.94. The van der Waals surface area contributed by atoms with Crippen molar-refractivity contribution in [3.8, 4) is 0 Å². The maximum atomic E-state index is 5.52. The molecule has 0 aromatic carbocycles. The molecule has 0 unspecified atom stereocenters. The van der Waals surface area contributed by atoms with Gasteiger partial charge in [-0.2, -0.15) is 0 Å². The molecule has 0 spiro atoms. The predicted molar refractivity (Wildman–Crippen MR) is 52.2 cm³/mol. The summed E-state index contributed by atoms with van der Waals surface area (Å²) in [4.78, 5) is 4.03. The van der Waals surface area contributed by atoms with E-state index in [-0.39, 0.29) is 0 Å². The highest BCUT2D eigenvalue weighted by atomic mass is 35.5. The standard InChI is InChI=1S/C9H14ClN/c1-6(2)7(3)8(4)11-9(5)10/h5H2,1-4H3/b11-8-. The largest absolute Gasteiger partial charge is 0.242 e. The molecule has 0 aromatic rings. The van der Waals surface area contributed by atoms with E-state index in [9.17, 15) is 0 Å². The summed E-state index contributed by atoms with van der Waals surface area (Å²) in [6.07, 6.45) is 0. The Morgan fingerprint density at radius 1 is 1.18 bits per heavy atom. The summed E-state index contributed by atoms with van der Waals surface area (Å²) in [7, 11) is 0. The van der Waals surface area contributed by atoms with Crippen LogP contribution >= 0.6 is 11.6 Å². The van der Waals surface area contributed by atoms with Gasteiger partial charge in [0.2, 0.25) is 0 Å². The minimum Gasteiger partial charge on any atom is -0.242 e. The van der Waals surface area contributed by atoms with Gasteiger partial charge in [0.25, 0.3) is 0 Å². The first-order valence-corrected chi connectivity index (χ1v) is 3.87. The highest BCUT2D eigenvalue weighted by Crippen LogP contribution is 2.08. The Balaban J connectivity index is 4.63. The molecule has 0 aliphatic carbocycles. The van der Waals surface area contributed by atoms with E-state index >= 15 is 0 Å². The average molecular weight is 172 g/mol. The highest BCUT2D eigenvalue weighted by molar-refractivity contribution is 6.30. The van der Waals surface area contributed by atoms with Gasteiger partial charge >= 0.3 is 0 Å². The summed E-state index contributed by atoms with van der Waals surface area (Å²) in [5.41, 5.74) is 3.36. The van der Waals surface area contributed by atoms with Crippen molar-refractivity contribution in [1.82, 2.24) is 0 Å². The third kappa shape index (κ3) is 3.99. The van der Waals surface area contributed by atoms with Gasteiger partial charge in [-0.15, -0.1) is 0 Å². The van der Waals surface area contributed by atoms with Crippen molar-refractivity contribution >= 4 is 17.3 Å². The normalized spacial score (nSPS) is 11.2. The van der Waals surface area contributed by atoms with E-state index in [1.807, 2.05) is 27.7 Å². The lowest BCUT2D eigenvalue weighted by molar-refractivity contribution is 1.30. The molecule has 11 heavy (non-hydrogen) atoms. The SMILES string of the molecule is C=C(Cl)/N=C(/C)C(C)=C(C)C.